The monoisotopic (exact) mass is 314 g/mol. The maximum atomic E-state index is 5.96. The largest absolute Gasteiger partial charge is 0.466 e. The Hall–Kier alpha value is -0.320. The molecule has 1 fully saturated rings. The van der Waals surface area contributed by atoms with Crippen LogP contribution in [0.15, 0.2) is 21.2 Å². The van der Waals surface area contributed by atoms with Crippen molar-refractivity contribution in [2.75, 3.05) is 19.6 Å². The van der Waals surface area contributed by atoms with E-state index < -0.39 is 0 Å². The highest BCUT2D eigenvalue weighted by Gasteiger charge is 2.38. The molecule has 2 N–H and O–H groups in total. The van der Waals surface area contributed by atoms with Gasteiger partial charge >= 0.3 is 0 Å². The molecule has 0 aromatic carbocycles. The van der Waals surface area contributed by atoms with Crippen LogP contribution >= 0.6 is 15.9 Å². The van der Waals surface area contributed by atoms with E-state index >= 15 is 0 Å². The minimum Gasteiger partial charge on any atom is -0.466 e. The standard InChI is InChI=1S/C14H23BrN2O/c1-3-14(4-2)6-7-17(10-14)12(9-16)13-11(15)5-8-18-13/h5,8,12H,3-4,6-7,9-10,16H2,1-2H3. The van der Waals surface area contributed by atoms with E-state index in [1.807, 2.05) is 6.07 Å². The van der Waals surface area contributed by atoms with Crippen LogP contribution < -0.4 is 5.73 Å². The summed E-state index contributed by atoms with van der Waals surface area (Å²) < 4.78 is 6.63. The van der Waals surface area contributed by atoms with Gasteiger partial charge in [-0.2, -0.15) is 0 Å². The molecule has 0 saturated carbocycles. The predicted octanol–water partition coefficient (Wildman–Crippen LogP) is 3.55. The van der Waals surface area contributed by atoms with E-state index in [4.69, 9.17) is 10.2 Å². The van der Waals surface area contributed by atoms with Gasteiger partial charge in [-0.1, -0.05) is 13.8 Å². The molecule has 0 radical (unpaired) electrons. The highest BCUT2D eigenvalue weighted by atomic mass is 79.9. The third-order valence-corrected chi connectivity index (χ3v) is 5.23. The minimum atomic E-state index is 0.203. The molecule has 18 heavy (non-hydrogen) atoms. The Morgan fingerprint density at radius 3 is 2.67 bits per heavy atom. The van der Waals surface area contributed by atoms with E-state index in [2.05, 4.69) is 34.7 Å². The van der Waals surface area contributed by atoms with Gasteiger partial charge in [0, 0.05) is 13.1 Å². The van der Waals surface area contributed by atoms with Crippen LogP contribution in [0.25, 0.3) is 0 Å². The van der Waals surface area contributed by atoms with Gasteiger partial charge in [-0.3, -0.25) is 4.90 Å². The molecule has 1 aliphatic heterocycles. The van der Waals surface area contributed by atoms with Crippen molar-refractivity contribution in [2.45, 2.75) is 39.2 Å². The number of furan rings is 1. The van der Waals surface area contributed by atoms with Crippen LogP contribution in [0, 0.1) is 5.41 Å². The first kappa shape index (κ1) is 14.1. The lowest BCUT2D eigenvalue weighted by Crippen LogP contribution is -2.34. The molecule has 3 nitrogen and oxygen atoms in total. The van der Waals surface area contributed by atoms with E-state index in [0.29, 0.717) is 12.0 Å². The average Bonchev–Trinajstić information content (AvgIpc) is 2.99. The first-order valence-electron chi connectivity index (χ1n) is 6.83. The Balaban J connectivity index is 2.14. The van der Waals surface area contributed by atoms with Crippen LogP contribution in [0.4, 0.5) is 0 Å². The Morgan fingerprint density at radius 1 is 1.50 bits per heavy atom. The lowest BCUT2D eigenvalue weighted by atomic mass is 9.82. The van der Waals surface area contributed by atoms with E-state index in [0.717, 1.165) is 23.3 Å². The summed E-state index contributed by atoms with van der Waals surface area (Å²) in [4.78, 5) is 2.48. The van der Waals surface area contributed by atoms with Gasteiger partial charge in [0.15, 0.2) is 0 Å². The molecule has 1 saturated heterocycles. The maximum absolute atomic E-state index is 5.96. The first-order valence-corrected chi connectivity index (χ1v) is 7.62. The molecule has 1 aromatic heterocycles. The van der Waals surface area contributed by atoms with Crippen molar-refractivity contribution in [2.24, 2.45) is 11.1 Å². The van der Waals surface area contributed by atoms with Gasteiger partial charge in [-0.05, 0) is 53.2 Å². The summed E-state index contributed by atoms with van der Waals surface area (Å²) in [5.41, 5.74) is 6.44. The van der Waals surface area contributed by atoms with Crippen molar-refractivity contribution in [1.82, 2.24) is 4.90 Å². The van der Waals surface area contributed by atoms with Crippen molar-refractivity contribution < 1.29 is 4.42 Å². The lowest BCUT2D eigenvalue weighted by molar-refractivity contribution is 0.180. The fourth-order valence-corrected chi connectivity index (χ4v) is 3.49. The fraction of sp³-hybridized carbons (Fsp3) is 0.714. The average molecular weight is 315 g/mol. The molecule has 0 amide bonds. The zero-order chi connectivity index (χ0) is 13.2. The molecule has 1 unspecified atom stereocenters. The quantitative estimate of drug-likeness (QED) is 0.903. The molecule has 102 valence electrons. The lowest BCUT2D eigenvalue weighted by Gasteiger charge is -2.30. The number of hydrogen-bond donors (Lipinski definition) is 1. The summed E-state index contributed by atoms with van der Waals surface area (Å²) in [6, 6.07) is 2.15. The Morgan fingerprint density at radius 2 is 2.22 bits per heavy atom. The Labute approximate surface area is 118 Å². The smallest absolute Gasteiger partial charge is 0.136 e. The molecule has 1 aromatic rings. The molecule has 4 heteroatoms. The van der Waals surface area contributed by atoms with Gasteiger partial charge in [0.1, 0.15) is 5.76 Å². The third-order valence-electron chi connectivity index (χ3n) is 4.58. The zero-order valence-corrected chi connectivity index (χ0v) is 12.9. The second kappa shape index (κ2) is 5.76. The number of rotatable bonds is 5. The molecule has 1 atom stereocenters. The third kappa shape index (κ3) is 2.51. The van der Waals surface area contributed by atoms with Crippen LogP contribution in [0.3, 0.4) is 0 Å². The van der Waals surface area contributed by atoms with Crippen LogP contribution in [0.2, 0.25) is 0 Å². The van der Waals surface area contributed by atoms with Crippen molar-refractivity contribution >= 4 is 15.9 Å². The van der Waals surface area contributed by atoms with Crippen LogP contribution in [0.5, 0.6) is 0 Å². The van der Waals surface area contributed by atoms with E-state index in [1.54, 1.807) is 6.26 Å². The van der Waals surface area contributed by atoms with E-state index in [1.165, 1.54) is 19.3 Å². The summed E-state index contributed by atoms with van der Waals surface area (Å²) in [6.07, 6.45) is 5.49. The molecule has 2 heterocycles. The number of likely N-dealkylation sites (tertiary alicyclic amines) is 1. The van der Waals surface area contributed by atoms with Crippen LogP contribution in [-0.2, 0) is 0 Å². The summed E-state index contributed by atoms with van der Waals surface area (Å²) in [5, 5.41) is 0. The van der Waals surface area contributed by atoms with Gasteiger partial charge in [-0.25, -0.2) is 0 Å². The van der Waals surface area contributed by atoms with Crippen molar-refractivity contribution in [3.63, 3.8) is 0 Å². The van der Waals surface area contributed by atoms with Gasteiger partial charge < -0.3 is 10.2 Å². The second-order valence-electron chi connectivity index (χ2n) is 5.31. The summed E-state index contributed by atoms with van der Waals surface area (Å²) in [7, 11) is 0. The van der Waals surface area contributed by atoms with Crippen molar-refractivity contribution in [3.8, 4) is 0 Å². The number of nitrogens with zero attached hydrogens (tertiary/aromatic N) is 1. The summed E-state index contributed by atoms with van der Waals surface area (Å²) >= 11 is 3.54. The minimum absolute atomic E-state index is 0.203. The Kier molecular flexibility index (Phi) is 4.51. The molecular weight excluding hydrogens is 292 g/mol. The molecule has 0 bridgehead atoms. The zero-order valence-electron chi connectivity index (χ0n) is 11.3. The summed E-state index contributed by atoms with van der Waals surface area (Å²) in [6.45, 7) is 7.46. The number of hydrogen-bond acceptors (Lipinski definition) is 3. The number of halogens is 1. The normalized spacial score (nSPS) is 21.3. The molecule has 0 aliphatic carbocycles. The molecule has 2 rings (SSSR count). The molecule has 0 spiro atoms. The van der Waals surface area contributed by atoms with Crippen LogP contribution in [0.1, 0.15) is 44.9 Å². The molecular formula is C14H23BrN2O. The van der Waals surface area contributed by atoms with Gasteiger partial charge in [-0.15, -0.1) is 0 Å². The second-order valence-corrected chi connectivity index (χ2v) is 6.17. The summed E-state index contributed by atoms with van der Waals surface area (Å²) in [5.74, 6) is 0.973. The van der Waals surface area contributed by atoms with Gasteiger partial charge in [0.25, 0.3) is 0 Å². The van der Waals surface area contributed by atoms with Gasteiger partial charge in [0.2, 0.25) is 0 Å². The highest BCUT2D eigenvalue weighted by molar-refractivity contribution is 9.10. The highest BCUT2D eigenvalue weighted by Crippen LogP contribution is 2.41. The molecule has 1 aliphatic rings. The Bertz CT molecular complexity index is 387. The topological polar surface area (TPSA) is 42.4 Å². The first-order chi connectivity index (χ1) is 8.65. The number of nitrogens with two attached hydrogens (primary N) is 1. The van der Waals surface area contributed by atoms with E-state index in [9.17, 15) is 0 Å². The van der Waals surface area contributed by atoms with Crippen molar-refractivity contribution in [1.29, 1.82) is 0 Å². The van der Waals surface area contributed by atoms with E-state index in [-0.39, 0.29) is 6.04 Å². The van der Waals surface area contributed by atoms with Crippen LogP contribution in [-0.4, -0.2) is 24.5 Å². The van der Waals surface area contributed by atoms with Crippen molar-refractivity contribution in [3.05, 3.63) is 22.6 Å². The SMILES string of the molecule is CCC1(CC)CCN(C(CN)c2occc2Br)C1. The fourth-order valence-electron chi connectivity index (χ4n) is 3.03. The predicted molar refractivity (Wildman–Crippen MR) is 77.4 cm³/mol. The maximum Gasteiger partial charge on any atom is 0.136 e. The van der Waals surface area contributed by atoms with Gasteiger partial charge in [0.05, 0.1) is 16.8 Å².